The maximum Gasteiger partial charge on any atom is 0.0771 e. The number of rotatable bonds is 0. The Morgan fingerprint density at radius 2 is 2.50 bits per heavy atom. The first-order valence-electron chi connectivity index (χ1n) is 2.26. The van der Waals surface area contributed by atoms with E-state index in [0.717, 1.165) is 11.3 Å². The second kappa shape index (κ2) is 1.71. The molecule has 0 saturated carbocycles. The Bertz CT molecular complexity index is 193. The van der Waals surface area contributed by atoms with Gasteiger partial charge in [-0.15, -0.1) is 6.42 Å². The summed E-state index contributed by atoms with van der Waals surface area (Å²) < 4.78 is 0. The summed E-state index contributed by atoms with van der Waals surface area (Å²) >= 11 is 0. The molecule has 0 spiro atoms. The zero-order chi connectivity index (χ0) is 5.98. The monoisotopic (exact) mass is 105 g/mol. The van der Waals surface area contributed by atoms with Crippen molar-refractivity contribution in [2.75, 3.05) is 0 Å². The Morgan fingerprint density at radius 3 is 2.75 bits per heavy atom. The Balaban J connectivity index is 2.86. The highest BCUT2D eigenvalue weighted by Gasteiger charge is 2.02. The van der Waals surface area contributed by atoms with Crippen molar-refractivity contribution in [2.24, 2.45) is 5.10 Å². The molecule has 0 amide bonds. The van der Waals surface area contributed by atoms with E-state index in [9.17, 15) is 0 Å². The van der Waals surface area contributed by atoms with Crippen LogP contribution in [-0.2, 0) is 0 Å². The van der Waals surface area contributed by atoms with Crippen LogP contribution in [0.15, 0.2) is 16.9 Å². The molecule has 2 nitrogen and oxygen atoms in total. The molecular weight excluding hydrogens is 100 g/mol. The van der Waals surface area contributed by atoms with Crippen molar-refractivity contribution in [1.82, 2.24) is 5.43 Å². The number of allylic oxidation sites excluding steroid dienone is 1. The number of hydrogen-bond acceptors (Lipinski definition) is 1. The van der Waals surface area contributed by atoms with E-state index in [1.807, 2.05) is 6.92 Å². The molecule has 1 aliphatic rings. The second-order valence-corrected chi connectivity index (χ2v) is 1.49. The Labute approximate surface area is 48.3 Å². The first kappa shape index (κ1) is 4.92. The molecule has 1 heterocycles. The Morgan fingerprint density at radius 1 is 1.75 bits per heavy atom. The maximum atomic E-state index is 5.07. The lowest BCUT2D eigenvalue weighted by atomic mass is 10.2. The summed E-state index contributed by atoms with van der Waals surface area (Å²) in [6.45, 7) is 1.84. The van der Waals surface area contributed by atoms with Gasteiger partial charge in [0.05, 0.1) is 17.5 Å². The van der Waals surface area contributed by atoms with E-state index in [0.29, 0.717) is 0 Å². The van der Waals surface area contributed by atoms with Crippen LogP contribution in [-0.4, -0.2) is 5.71 Å². The Kier molecular flexibility index (Phi) is 1.05. The fourth-order valence-corrected chi connectivity index (χ4v) is 0.462. The van der Waals surface area contributed by atoms with Gasteiger partial charge in [0.25, 0.3) is 0 Å². The quantitative estimate of drug-likeness (QED) is 0.401. The van der Waals surface area contributed by atoms with Gasteiger partial charge >= 0.3 is 0 Å². The highest BCUT2D eigenvalue weighted by molar-refractivity contribution is 6.03. The van der Waals surface area contributed by atoms with Crippen LogP contribution in [0, 0.1) is 12.3 Å². The van der Waals surface area contributed by atoms with E-state index in [1.165, 1.54) is 0 Å². The highest BCUT2D eigenvalue weighted by atomic mass is 15.3. The van der Waals surface area contributed by atoms with Crippen molar-refractivity contribution in [3.8, 4) is 12.3 Å². The van der Waals surface area contributed by atoms with Crippen LogP contribution in [0.5, 0.6) is 0 Å². The predicted molar refractivity (Wildman–Crippen MR) is 32.2 cm³/mol. The first-order valence-corrected chi connectivity index (χ1v) is 2.26. The zero-order valence-electron chi connectivity index (χ0n) is 4.55. The molecule has 0 bridgehead atoms. The molecule has 0 saturated heterocycles. The van der Waals surface area contributed by atoms with Crippen LogP contribution >= 0.6 is 0 Å². The molecule has 0 aromatic heterocycles. The van der Waals surface area contributed by atoms with Gasteiger partial charge in [0.2, 0.25) is 0 Å². The van der Waals surface area contributed by atoms with Crippen molar-refractivity contribution in [3.05, 3.63) is 11.8 Å². The van der Waals surface area contributed by atoms with Gasteiger partial charge in [-0.2, -0.15) is 10.5 Å². The van der Waals surface area contributed by atoms with Gasteiger partial charge in [-0.3, -0.25) is 0 Å². The SMILES string of the molecule is C#CC1=C[N]N=C1C. The van der Waals surface area contributed by atoms with Gasteiger partial charge in [0.15, 0.2) is 0 Å². The van der Waals surface area contributed by atoms with Crippen molar-refractivity contribution in [3.63, 3.8) is 0 Å². The topological polar surface area (TPSA) is 26.5 Å². The van der Waals surface area contributed by atoms with Crippen LogP contribution in [0.2, 0.25) is 0 Å². The average molecular weight is 105 g/mol. The third-order valence-electron chi connectivity index (χ3n) is 0.940. The molecule has 0 atom stereocenters. The minimum atomic E-state index is 0.782. The molecule has 0 aliphatic carbocycles. The minimum absolute atomic E-state index is 0.782. The summed E-state index contributed by atoms with van der Waals surface area (Å²) in [7, 11) is 0. The molecule has 0 aromatic rings. The van der Waals surface area contributed by atoms with Crippen LogP contribution < -0.4 is 5.43 Å². The standard InChI is InChI=1S/C6H5N2/c1-3-6-4-7-8-5(6)2/h1,4H,2H3. The van der Waals surface area contributed by atoms with E-state index in [4.69, 9.17) is 6.42 Å². The fraction of sp³-hybridized carbons (Fsp3) is 0.167. The number of nitrogens with zero attached hydrogens (tertiary/aromatic N) is 2. The van der Waals surface area contributed by atoms with Crippen LogP contribution in [0.3, 0.4) is 0 Å². The molecule has 1 radical (unpaired) electrons. The summed E-state index contributed by atoms with van der Waals surface area (Å²) in [6.07, 6.45) is 6.64. The predicted octanol–water partition coefficient (Wildman–Crippen LogP) is 0.497. The van der Waals surface area contributed by atoms with Crippen molar-refractivity contribution in [1.29, 1.82) is 0 Å². The Hall–Kier alpha value is -1.23. The van der Waals surface area contributed by atoms with E-state index in [2.05, 4.69) is 16.4 Å². The molecule has 0 aromatic carbocycles. The minimum Gasteiger partial charge on any atom is -0.157 e. The lowest BCUT2D eigenvalue weighted by Crippen LogP contribution is -1.87. The fourth-order valence-electron chi connectivity index (χ4n) is 0.462. The van der Waals surface area contributed by atoms with Gasteiger partial charge in [0, 0.05) is 0 Å². The van der Waals surface area contributed by atoms with Gasteiger partial charge in [-0.1, -0.05) is 5.92 Å². The molecule has 0 N–H and O–H groups in total. The second-order valence-electron chi connectivity index (χ2n) is 1.49. The molecular formula is C6H5N2. The van der Waals surface area contributed by atoms with Gasteiger partial charge in [-0.25, -0.2) is 0 Å². The maximum absolute atomic E-state index is 5.07. The van der Waals surface area contributed by atoms with Gasteiger partial charge < -0.3 is 0 Å². The largest absolute Gasteiger partial charge is 0.157 e. The third kappa shape index (κ3) is 0.584. The molecule has 2 heteroatoms. The molecule has 0 unspecified atom stereocenters. The first-order chi connectivity index (χ1) is 3.84. The van der Waals surface area contributed by atoms with E-state index in [-0.39, 0.29) is 0 Å². The molecule has 8 heavy (non-hydrogen) atoms. The smallest absolute Gasteiger partial charge is 0.0771 e. The summed E-state index contributed by atoms with van der Waals surface area (Å²) in [4.78, 5) is 0. The lowest BCUT2D eigenvalue weighted by Gasteiger charge is -1.81. The normalized spacial score (nSPS) is 16.0. The van der Waals surface area contributed by atoms with E-state index >= 15 is 0 Å². The molecule has 0 fully saturated rings. The summed E-state index contributed by atoms with van der Waals surface area (Å²) in [5.74, 6) is 2.45. The van der Waals surface area contributed by atoms with Crippen molar-refractivity contribution < 1.29 is 0 Å². The molecule has 1 aliphatic heterocycles. The van der Waals surface area contributed by atoms with E-state index in [1.54, 1.807) is 6.20 Å². The molecule has 1 rings (SSSR count). The molecule has 39 valence electrons. The van der Waals surface area contributed by atoms with E-state index < -0.39 is 0 Å². The third-order valence-corrected chi connectivity index (χ3v) is 0.940. The highest BCUT2D eigenvalue weighted by Crippen LogP contribution is 2.00. The summed E-state index contributed by atoms with van der Waals surface area (Å²) in [6, 6.07) is 0. The summed E-state index contributed by atoms with van der Waals surface area (Å²) in [5.41, 5.74) is 5.21. The van der Waals surface area contributed by atoms with Gasteiger partial charge in [0.1, 0.15) is 0 Å². The summed E-state index contributed by atoms with van der Waals surface area (Å²) in [5, 5.41) is 3.69. The van der Waals surface area contributed by atoms with Crippen LogP contribution in [0.1, 0.15) is 6.92 Å². The van der Waals surface area contributed by atoms with Crippen molar-refractivity contribution >= 4 is 5.71 Å². The zero-order valence-corrected chi connectivity index (χ0v) is 4.55. The number of hydrogen-bond donors (Lipinski definition) is 0. The average Bonchev–Trinajstić information content (AvgIpc) is 2.14. The van der Waals surface area contributed by atoms with Crippen LogP contribution in [0.4, 0.5) is 0 Å². The lowest BCUT2D eigenvalue weighted by molar-refractivity contribution is 0.970. The van der Waals surface area contributed by atoms with Gasteiger partial charge in [-0.05, 0) is 6.92 Å². The van der Waals surface area contributed by atoms with Crippen molar-refractivity contribution in [2.45, 2.75) is 6.92 Å². The number of terminal acetylenes is 1. The van der Waals surface area contributed by atoms with Crippen LogP contribution in [0.25, 0.3) is 0 Å².